The van der Waals surface area contributed by atoms with Gasteiger partial charge in [-0.1, -0.05) is 6.07 Å². The van der Waals surface area contributed by atoms with Gasteiger partial charge in [0, 0.05) is 25.8 Å². The largest absolute Gasteiger partial charge is 0.466 e. The average molecular weight is 385 g/mol. The van der Waals surface area contributed by atoms with E-state index < -0.39 is 5.91 Å². The monoisotopic (exact) mass is 385 g/mol. The number of benzene rings is 1. The van der Waals surface area contributed by atoms with Crippen molar-refractivity contribution in [2.75, 3.05) is 26.5 Å². The number of ether oxygens (including phenoxy) is 3. The second-order valence-corrected chi connectivity index (χ2v) is 6.59. The number of nitrogens with zero attached hydrogens (tertiary/aromatic N) is 2. The number of esters is 1. The Balaban J connectivity index is 1.52. The van der Waals surface area contributed by atoms with Crippen LogP contribution in [0.4, 0.5) is 0 Å². The molecule has 3 rings (SSSR count). The lowest BCUT2D eigenvalue weighted by Gasteiger charge is -2.30. The molecule has 1 N–H and O–H groups in total. The van der Waals surface area contributed by atoms with Crippen molar-refractivity contribution in [3.63, 3.8) is 0 Å². The van der Waals surface area contributed by atoms with E-state index in [1.165, 1.54) is 0 Å². The van der Waals surface area contributed by atoms with Crippen molar-refractivity contribution >= 4 is 11.9 Å². The third-order valence-corrected chi connectivity index (χ3v) is 4.72. The lowest BCUT2D eigenvalue weighted by molar-refractivity contribution is -0.149. The minimum atomic E-state index is -0.437. The summed E-state index contributed by atoms with van der Waals surface area (Å²) >= 11 is 0. The van der Waals surface area contributed by atoms with Gasteiger partial charge in [-0.15, -0.1) is 0 Å². The van der Waals surface area contributed by atoms with Crippen LogP contribution in [0.3, 0.4) is 0 Å². The van der Waals surface area contributed by atoms with E-state index in [0.717, 1.165) is 5.56 Å². The van der Waals surface area contributed by atoms with Crippen LogP contribution >= 0.6 is 0 Å². The van der Waals surface area contributed by atoms with E-state index in [2.05, 4.69) is 5.32 Å². The standard InChI is InChI=1S/C20H23N3O5/c1-2-26-20(25)15-5-7-23(8-6-15)12-16(10-21)19(24)22-11-14-3-4-17-18(9-14)28-13-27-17/h3-4,9,12,15H,2,5-8,11,13H2,1H3,(H,22,24)/b16-12-. The molecule has 0 aromatic heterocycles. The number of nitriles is 1. The first-order valence-electron chi connectivity index (χ1n) is 9.30. The molecule has 1 amide bonds. The summed E-state index contributed by atoms with van der Waals surface area (Å²) in [5, 5.41) is 12.1. The molecule has 2 heterocycles. The number of hydrogen-bond donors (Lipinski definition) is 1. The normalized spacial score (nSPS) is 16.4. The first kappa shape index (κ1) is 19.5. The minimum Gasteiger partial charge on any atom is -0.466 e. The summed E-state index contributed by atoms with van der Waals surface area (Å²) in [6.07, 6.45) is 2.86. The Morgan fingerprint density at radius 3 is 2.79 bits per heavy atom. The van der Waals surface area contributed by atoms with Crippen molar-refractivity contribution < 1.29 is 23.8 Å². The average Bonchev–Trinajstić information content (AvgIpc) is 3.18. The van der Waals surface area contributed by atoms with Gasteiger partial charge >= 0.3 is 5.97 Å². The van der Waals surface area contributed by atoms with Gasteiger partial charge in [-0.25, -0.2) is 0 Å². The molecule has 0 atom stereocenters. The second kappa shape index (κ2) is 9.13. The molecule has 148 valence electrons. The molecule has 8 heteroatoms. The highest BCUT2D eigenvalue weighted by atomic mass is 16.7. The van der Waals surface area contributed by atoms with Crippen LogP contribution < -0.4 is 14.8 Å². The van der Waals surface area contributed by atoms with E-state index >= 15 is 0 Å². The number of carbonyl (C=O) groups is 2. The number of nitrogens with one attached hydrogen (secondary N) is 1. The zero-order valence-electron chi connectivity index (χ0n) is 15.8. The first-order valence-corrected chi connectivity index (χ1v) is 9.30. The molecular formula is C20H23N3O5. The summed E-state index contributed by atoms with van der Waals surface area (Å²) in [6, 6.07) is 7.38. The van der Waals surface area contributed by atoms with Crippen molar-refractivity contribution in [2.24, 2.45) is 5.92 Å². The van der Waals surface area contributed by atoms with Gasteiger partial charge in [-0.3, -0.25) is 9.59 Å². The van der Waals surface area contributed by atoms with Crippen LogP contribution in [0.2, 0.25) is 0 Å². The fraction of sp³-hybridized carbons (Fsp3) is 0.450. The molecule has 8 nitrogen and oxygen atoms in total. The molecule has 0 unspecified atom stereocenters. The lowest BCUT2D eigenvalue weighted by atomic mass is 9.97. The van der Waals surface area contributed by atoms with Gasteiger partial charge in [0.25, 0.3) is 5.91 Å². The molecule has 2 aliphatic rings. The van der Waals surface area contributed by atoms with Crippen LogP contribution in [-0.4, -0.2) is 43.3 Å². The van der Waals surface area contributed by atoms with Crippen molar-refractivity contribution in [3.8, 4) is 17.6 Å². The van der Waals surface area contributed by atoms with Crippen molar-refractivity contribution in [1.29, 1.82) is 5.26 Å². The number of carbonyl (C=O) groups excluding carboxylic acids is 2. The molecule has 1 aromatic rings. The third-order valence-electron chi connectivity index (χ3n) is 4.72. The zero-order valence-corrected chi connectivity index (χ0v) is 15.8. The highest BCUT2D eigenvalue weighted by Crippen LogP contribution is 2.32. The molecular weight excluding hydrogens is 362 g/mol. The van der Waals surface area contributed by atoms with Gasteiger partial charge in [0.2, 0.25) is 6.79 Å². The van der Waals surface area contributed by atoms with Crippen LogP contribution in [0.25, 0.3) is 0 Å². The van der Waals surface area contributed by atoms with E-state index in [1.54, 1.807) is 25.3 Å². The maximum absolute atomic E-state index is 12.4. The number of likely N-dealkylation sites (tertiary alicyclic amines) is 1. The fourth-order valence-electron chi connectivity index (χ4n) is 3.17. The molecule has 1 aromatic carbocycles. The Bertz CT molecular complexity index is 807. The Kier molecular flexibility index (Phi) is 6.37. The van der Waals surface area contributed by atoms with Crippen molar-refractivity contribution in [2.45, 2.75) is 26.3 Å². The lowest BCUT2D eigenvalue weighted by Crippen LogP contribution is -2.35. The summed E-state index contributed by atoms with van der Waals surface area (Å²) in [6.45, 7) is 3.84. The molecule has 1 saturated heterocycles. The maximum Gasteiger partial charge on any atom is 0.309 e. The Morgan fingerprint density at radius 2 is 2.07 bits per heavy atom. The number of rotatable bonds is 6. The van der Waals surface area contributed by atoms with E-state index in [9.17, 15) is 14.9 Å². The summed E-state index contributed by atoms with van der Waals surface area (Å²) in [5.41, 5.74) is 0.889. The number of amides is 1. The summed E-state index contributed by atoms with van der Waals surface area (Å²) < 4.78 is 15.6. The predicted octanol–water partition coefficient (Wildman–Crippen LogP) is 1.71. The SMILES string of the molecule is CCOC(=O)C1CCN(/C=C(/C#N)C(=O)NCc2ccc3c(c2)OCO3)CC1. The maximum atomic E-state index is 12.4. The summed E-state index contributed by atoms with van der Waals surface area (Å²) in [5.74, 6) is 0.599. The summed E-state index contributed by atoms with van der Waals surface area (Å²) in [4.78, 5) is 26.0. The van der Waals surface area contributed by atoms with E-state index in [0.29, 0.717) is 44.0 Å². The fourth-order valence-corrected chi connectivity index (χ4v) is 3.17. The molecule has 0 saturated carbocycles. The van der Waals surface area contributed by atoms with Gasteiger partial charge in [-0.05, 0) is 37.5 Å². The van der Waals surface area contributed by atoms with Gasteiger partial charge in [-0.2, -0.15) is 5.26 Å². The molecule has 28 heavy (non-hydrogen) atoms. The van der Waals surface area contributed by atoms with Crippen LogP contribution in [0, 0.1) is 17.2 Å². The Morgan fingerprint density at radius 1 is 1.32 bits per heavy atom. The highest BCUT2D eigenvalue weighted by Gasteiger charge is 2.25. The van der Waals surface area contributed by atoms with Crippen LogP contribution in [0.5, 0.6) is 11.5 Å². The molecule has 2 aliphatic heterocycles. The molecule has 0 radical (unpaired) electrons. The van der Waals surface area contributed by atoms with E-state index in [-0.39, 0.29) is 30.8 Å². The zero-order chi connectivity index (χ0) is 19.9. The molecule has 0 bridgehead atoms. The number of piperidine rings is 1. The number of hydrogen-bond acceptors (Lipinski definition) is 7. The highest BCUT2D eigenvalue weighted by molar-refractivity contribution is 5.97. The van der Waals surface area contributed by atoms with Crippen LogP contribution in [-0.2, 0) is 20.9 Å². The van der Waals surface area contributed by atoms with Crippen molar-refractivity contribution in [3.05, 3.63) is 35.5 Å². The molecule has 0 aliphatic carbocycles. The summed E-state index contributed by atoms with van der Waals surface area (Å²) in [7, 11) is 0. The van der Waals surface area contributed by atoms with E-state index in [4.69, 9.17) is 14.2 Å². The topological polar surface area (TPSA) is 101 Å². The molecule has 0 spiro atoms. The van der Waals surface area contributed by atoms with Gasteiger partial charge in [0.05, 0.1) is 12.5 Å². The van der Waals surface area contributed by atoms with E-state index in [1.807, 2.05) is 17.0 Å². The Labute approximate surface area is 163 Å². The Hall–Kier alpha value is -3.21. The van der Waals surface area contributed by atoms with Crippen LogP contribution in [0.1, 0.15) is 25.3 Å². The quantitative estimate of drug-likeness (QED) is 0.452. The van der Waals surface area contributed by atoms with Gasteiger partial charge < -0.3 is 24.4 Å². The van der Waals surface area contributed by atoms with Crippen molar-refractivity contribution in [1.82, 2.24) is 10.2 Å². The van der Waals surface area contributed by atoms with Gasteiger partial charge in [0.15, 0.2) is 11.5 Å². The second-order valence-electron chi connectivity index (χ2n) is 6.59. The smallest absolute Gasteiger partial charge is 0.309 e. The minimum absolute atomic E-state index is 0.0373. The number of fused-ring (bicyclic) bond motifs is 1. The van der Waals surface area contributed by atoms with Crippen LogP contribution in [0.15, 0.2) is 30.0 Å². The predicted molar refractivity (Wildman–Crippen MR) is 99.0 cm³/mol. The van der Waals surface area contributed by atoms with Gasteiger partial charge in [0.1, 0.15) is 11.6 Å². The molecule has 1 fully saturated rings. The third kappa shape index (κ3) is 4.74. The first-order chi connectivity index (χ1) is 13.6.